The molecule has 0 saturated heterocycles. The monoisotopic (exact) mass is 330 g/mol. The van der Waals surface area contributed by atoms with Crippen LogP contribution in [0.4, 0.5) is 0 Å². The molecular formula is C18H38O3Si. The van der Waals surface area contributed by atoms with Crippen LogP contribution in [0.1, 0.15) is 61.8 Å². The SMILES string of the molecule is CC(C)C(=O)C[C@@H](O)[C@H](C)[C@H](O[Si](C)(C)C(C)(C)C)C(C)C. The maximum absolute atomic E-state index is 11.9. The Morgan fingerprint density at radius 3 is 1.86 bits per heavy atom. The predicted molar refractivity (Wildman–Crippen MR) is 96.5 cm³/mol. The number of carbonyl (C=O) groups is 1. The Kier molecular flexibility index (Phi) is 8.00. The van der Waals surface area contributed by atoms with Crippen LogP contribution < -0.4 is 0 Å². The third-order valence-electron chi connectivity index (χ3n) is 5.07. The minimum atomic E-state index is -1.90. The third-order valence-corrected chi connectivity index (χ3v) is 9.55. The van der Waals surface area contributed by atoms with Gasteiger partial charge in [0.2, 0.25) is 0 Å². The molecule has 4 heteroatoms. The van der Waals surface area contributed by atoms with Crippen LogP contribution in [0.3, 0.4) is 0 Å². The lowest BCUT2D eigenvalue weighted by atomic mass is 9.87. The topological polar surface area (TPSA) is 46.5 Å². The van der Waals surface area contributed by atoms with Crippen LogP contribution in [-0.2, 0) is 9.22 Å². The Balaban J connectivity index is 5.07. The molecule has 0 saturated carbocycles. The van der Waals surface area contributed by atoms with Gasteiger partial charge in [-0.2, -0.15) is 0 Å². The van der Waals surface area contributed by atoms with Crippen LogP contribution >= 0.6 is 0 Å². The smallest absolute Gasteiger partial charge is 0.192 e. The van der Waals surface area contributed by atoms with E-state index in [1.165, 1.54) is 0 Å². The van der Waals surface area contributed by atoms with Gasteiger partial charge in [0.1, 0.15) is 5.78 Å². The number of hydrogen-bond donors (Lipinski definition) is 1. The highest BCUT2D eigenvalue weighted by Gasteiger charge is 2.42. The Hall–Kier alpha value is -0.193. The number of Topliss-reactive ketones (excluding diaryl/α,β-unsaturated/α-hetero) is 1. The van der Waals surface area contributed by atoms with Crippen LogP contribution in [-0.4, -0.2) is 31.4 Å². The van der Waals surface area contributed by atoms with Gasteiger partial charge in [0.15, 0.2) is 8.32 Å². The molecule has 3 nitrogen and oxygen atoms in total. The van der Waals surface area contributed by atoms with Gasteiger partial charge in [0.05, 0.1) is 12.2 Å². The van der Waals surface area contributed by atoms with Crippen molar-refractivity contribution in [2.45, 2.75) is 92.2 Å². The second-order valence-electron chi connectivity index (χ2n) is 8.84. The summed E-state index contributed by atoms with van der Waals surface area (Å²) >= 11 is 0. The first kappa shape index (κ1) is 21.8. The van der Waals surface area contributed by atoms with E-state index in [9.17, 15) is 9.90 Å². The summed E-state index contributed by atoms with van der Waals surface area (Å²) < 4.78 is 6.56. The highest BCUT2D eigenvalue weighted by Crippen LogP contribution is 2.39. The highest BCUT2D eigenvalue weighted by atomic mass is 28.4. The Morgan fingerprint density at radius 2 is 1.55 bits per heavy atom. The average Bonchev–Trinajstić information content (AvgIpc) is 2.33. The van der Waals surface area contributed by atoms with Crippen LogP contribution in [0.15, 0.2) is 0 Å². The van der Waals surface area contributed by atoms with E-state index in [4.69, 9.17) is 4.43 Å². The third kappa shape index (κ3) is 6.13. The van der Waals surface area contributed by atoms with Crippen LogP contribution in [0.25, 0.3) is 0 Å². The minimum Gasteiger partial charge on any atom is -0.413 e. The predicted octanol–water partition coefficient (Wildman–Crippen LogP) is 4.65. The molecule has 0 aliphatic carbocycles. The molecule has 0 unspecified atom stereocenters. The first-order valence-electron chi connectivity index (χ1n) is 8.59. The van der Waals surface area contributed by atoms with Gasteiger partial charge in [-0.25, -0.2) is 0 Å². The lowest BCUT2D eigenvalue weighted by molar-refractivity contribution is -0.125. The van der Waals surface area contributed by atoms with E-state index in [0.29, 0.717) is 5.92 Å². The van der Waals surface area contributed by atoms with Crippen molar-refractivity contribution in [1.29, 1.82) is 0 Å². The second-order valence-corrected chi connectivity index (χ2v) is 13.6. The zero-order valence-electron chi connectivity index (χ0n) is 16.4. The van der Waals surface area contributed by atoms with Gasteiger partial charge in [-0.1, -0.05) is 55.4 Å². The van der Waals surface area contributed by atoms with Crippen molar-refractivity contribution >= 4 is 14.1 Å². The molecule has 0 aromatic carbocycles. The number of aliphatic hydroxyl groups excluding tert-OH is 1. The number of ketones is 1. The van der Waals surface area contributed by atoms with E-state index < -0.39 is 14.4 Å². The van der Waals surface area contributed by atoms with Gasteiger partial charge in [-0.15, -0.1) is 0 Å². The maximum Gasteiger partial charge on any atom is 0.192 e. The molecule has 0 aromatic heterocycles. The molecule has 0 radical (unpaired) electrons. The molecule has 0 aliphatic rings. The molecule has 0 heterocycles. The second kappa shape index (κ2) is 8.07. The van der Waals surface area contributed by atoms with E-state index in [1.807, 2.05) is 20.8 Å². The van der Waals surface area contributed by atoms with Gasteiger partial charge in [0.25, 0.3) is 0 Å². The Morgan fingerprint density at radius 1 is 1.09 bits per heavy atom. The molecule has 132 valence electrons. The number of rotatable bonds is 8. The number of hydrogen-bond acceptors (Lipinski definition) is 3. The molecule has 22 heavy (non-hydrogen) atoms. The summed E-state index contributed by atoms with van der Waals surface area (Å²) in [6.07, 6.45) is -0.425. The fraction of sp³-hybridized carbons (Fsp3) is 0.944. The standard InChI is InChI=1S/C18H38O3Si/c1-12(2)15(19)11-16(20)14(5)17(13(3)4)21-22(9,10)18(6,7)8/h12-14,16-17,20H,11H2,1-10H3/t14-,16+,17+/m0/s1. The summed E-state index contributed by atoms with van der Waals surface area (Å²) in [5.41, 5.74) is 0. The van der Waals surface area contributed by atoms with E-state index >= 15 is 0 Å². The molecule has 3 atom stereocenters. The molecule has 0 fully saturated rings. The van der Waals surface area contributed by atoms with Crippen molar-refractivity contribution in [2.24, 2.45) is 17.8 Å². The summed E-state index contributed by atoms with van der Waals surface area (Å²) in [6.45, 7) is 21.2. The zero-order valence-corrected chi connectivity index (χ0v) is 17.4. The Bertz CT molecular complexity index is 356. The molecule has 1 N–H and O–H groups in total. The Labute approximate surface area is 139 Å². The van der Waals surface area contributed by atoms with E-state index in [0.717, 1.165) is 0 Å². The average molecular weight is 331 g/mol. The first-order chi connectivity index (χ1) is 9.70. The van der Waals surface area contributed by atoms with Gasteiger partial charge < -0.3 is 9.53 Å². The summed E-state index contributed by atoms with van der Waals surface area (Å²) in [6, 6.07) is 0. The largest absolute Gasteiger partial charge is 0.413 e. The quantitative estimate of drug-likeness (QED) is 0.659. The molecule has 0 aromatic rings. The van der Waals surface area contributed by atoms with Crippen molar-refractivity contribution in [2.75, 3.05) is 0 Å². The summed E-state index contributed by atoms with van der Waals surface area (Å²) in [4.78, 5) is 11.9. The molecule has 0 spiro atoms. The van der Waals surface area contributed by atoms with Crippen molar-refractivity contribution in [3.05, 3.63) is 0 Å². The van der Waals surface area contributed by atoms with Crippen molar-refractivity contribution in [3.8, 4) is 0 Å². The van der Waals surface area contributed by atoms with Gasteiger partial charge in [0, 0.05) is 18.3 Å². The summed E-state index contributed by atoms with van der Waals surface area (Å²) in [7, 11) is -1.90. The van der Waals surface area contributed by atoms with Crippen LogP contribution in [0.5, 0.6) is 0 Å². The lowest BCUT2D eigenvalue weighted by Crippen LogP contribution is -2.49. The number of carbonyl (C=O) groups excluding carboxylic acids is 1. The summed E-state index contributed by atoms with van der Waals surface area (Å²) in [5, 5.41) is 10.6. The summed E-state index contributed by atoms with van der Waals surface area (Å²) in [5.74, 6) is 0.361. The minimum absolute atomic E-state index is 0.0177. The van der Waals surface area contributed by atoms with Crippen molar-refractivity contribution in [3.63, 3.8) is 0 Å². The molecule has 0 amide bonds. The fourth-order valence-corrected chi connectivity index (χ4v) is 3.73. The molecule has 0 bridgehead atoms. The fourth-order valence-electron chi connectivity index (χ4n) is 2.21. The van der Waals surface area contributed by atoms with Crippen LogP contribution in [0, 0.1) is 17.8 Å². The molecular weight excluding hydrogens is 292 g/mol. The van der Waals surface area contributed by atoms with Gasteiger partial charge >= 0.3 is 0 Å². The number of aliphatic hydroxyl groups is 1. The van der Waals surface area contributed by atoms with E-state index in [2.05, 4.69) is 47.7 Å². The zero-order chi connectivity index (χ0) is 17.9. The van der Waals surface area contributed by atoms with Crippen LogP contribution in [0.2, 0.25) is 18.1 Å². The maximum atomic E-state index is 11.9. The normalized spacial score (nSPS) is 17.7. The van der Waals surface area contributed by atoms with Gasteiger partial charge in [-0.05, 0) is 24.1 Å². The highest BCUT2D eigenvalue weighted by molar-refractivity contribution is 6.74. The lowest BCUT2D eigenvalue weighted by Gasteiger charge is -2.43. The van der Waals surface area contributed by atoms with Gasteiger partial charge in [-0.3, -0.25) is 4.79 Å². The molecule has 0 rings (SSSR count). The molecule has 0 aliphatic heterocycles. The van der Waals surface area contributed by atoms with E-state index in [1.54, 1.807) is 0 Å². The van der Waals surface area contributed by atoms with E-state index in [-0.39, 0.29) is 35.2 Å². The first-order valence-corrected chi connectivity index (χ1v) is 11.5. The van der Waals surface area contributed by atoms with Crippen molar-refractivity contribution in [1.82, 2.24) is 0 Å². The van der Waals surface area contributed by atoms with Crippen molar-refractivity contribution < 1.29 is 14.3 Å².